The molecule has 2 aromatic carbocycles. The van der Waals surface area contributed by atoms with E-state index in [1.54, 1.807) is 11.0 Å². The first-order chi connectivity index (χ1) is 12.8. The average Bonchev–Trinajstić information content (AvgIpc) is 2.64. The first-order valence-corrected chi connectivity index (χ1v) is 9.15. The van der Waals surface area contributed by atoms with Gasteiger partial charge in [0.15, 0.2) is 11.6 Å². The van der Waals surface area contributed by atoms with E-state index in [1.807, 2.05) is 4.90 Å². The zero-order valence-corrected chi connectivity index (χ0v) is 16.6. The third-order valence-electron chi connectivity index (χ3n) is 4.40. The topological polar surface area (TPSA) is 58.8 Å². The fraction of sp³-hybridized carbons (Fsp3) is 0.294. The Morgan fingerprint density at radius 3 is 2.11 bits per heavy atom. The number of rotatable bonds is 4. The van der Waals surface area contributed by atoms with Crippen LogP contribution in [0.5, 0.6) is 5.75 Å². The number of anilines is 2. The number of halogens is 4. The number of hydrogen-bond donors (Lipinski definition) is 0. The van der Waals surface area contributed by atoms with Gasteiger partial charge in [0.05, 0.1) is 34.5 Å². The summed E-state index contributed by atoms with van der Waals surface area (Å²) in [7, 11) is 1.29. The molecule has 0 saturated carbocycles. The molecule has 1 heterocycles. The summed E-state index contributed by atoms with van der Waals surface area (Å²) in [6.07, 6.45) is 0. The minimum absolute atomic E-state index is 0.00966. The van der Waals surface area contributed by atoms with Crippen molar-refractivity contribution in [1.82, 2.24) is 0 Å². The standard InChI is InChI=1S/C17H15BrClF2N3O3/c1-27-17-9-15(13(21)8-16(17)24(25)26)23-4-2-22(3-5-23)14-7-11(19)10(18)6-12(14)20/h6-9H,2-5H2,1H3. The number of hydrogen-bond acceptors (Lipinski definition) is 5. The summed E-state index contributed by atoms with van der Waals surface area (Å²) in [6, 6.07) is 5.03. The van der Waals surface area contributed by atoms with Crippen molar-refractivity contribution < 1.29 is 18.4 Å². The molecule has 1 fully saturated rings. The van der Waals surface area contributed by atoms with Crippen LogP contribution in [0.15, 0.2) is 28.7 Å². The molecule has 27 heavy (non-hydrogen) atoms. The molecule has 10 heteroatoms. The van der Waals surface area contributed by atoms with E-state index in [-0.39, 0.29) is 11.4 Å². The van der Waals surface area contributed by atoms with Crippen LogP contribution in [0, 0.1) is 21.7 Å². The number of benzene rings is 2. The van der Waals surface area contributed by atoms with Gasteiger partial charge >= 0.3 is 5.69 Å². The van der Waals surface area contributed by atoms with E-state index < -0.39 is 22.2 Å². The number of piperazine rings is 1. The summed E-state index contributed by atoms with van der Waals surface area (Å²) < 4.78 is 34.1. The molecule has 6 nitrogen and oxygen atoms in total. The lowest BCUT2D eigenvalue weighted by atomic mass is 10.2. The molecule has 2 aromatic rings. The molecule has 0 amide bonds. The second-order valence-corrected chi connectivity index (χ2v) is 7.19. The van der Waals surface area contributed by atoms with Crippen LogP contribution in [0.1, 0.15) is 0 Å². The molecule has 1 aliphatic rings. The van der Waals surface area contributed by atoms with Crippen molar-refractivity contribution in [3.63, 3.8) is 0 Å². The highest BCUT2D eigenvalue weighted by molar-refractivity contribution is 9.10. The van der Waals surface area contributed by atoms with Crippen molar-refractivity contribution in [2.45, 2.75) is 0 Å². The Bertz CT molecular complexity index is 892. The van der Waals surface area contributed by atoms with Gasteiger partial charge in [-0.15, -0.1) is 0 Å². The smallest absolute Gasteiger partial charge is 0.313 e. The van der Waals surface area contributed by atoms with Gasteiger partial charge in [-0.05, 0) is 28.1 Å². The molecule has 0 bridgehead atoms. The van der Waals surface area contributed by atoms with Crippen LogP contribution in [0.2, 0.25) is 5.02 Å². The maximum atomic E-state index is 14.4. The van der Waals surface area contributed by atoms with E-state index in [0.29, 0.717) is 41.4 Å². The Hall–Kier alpha value is -2.13. The highest BCUT2D eigenvalue weighted by Crippen LogP contribution is 2.35. The lowest BCUT2D eigenvalue weighted by Gasteiger charge is -2.37. The highest BCUT2D eigenvalue weighted by atomic mass is 79.9. The number of nitrogens with zero attached hydrogens (tertiary/aromatic N) is 3. The minimum atomic E-state index is -0.700. The van der Waals surface area contributed by atoms with E-state index in [1.165, 1.54) is 19.2 Å². The van der Waals surface area contributed by atoms with Crippen LogP contribution < -0.4 is 14.5 Å². The van der Waals surface area contributed by atoms with Crippen molar-refractivity contribution in [3.8, 4) is 5.75 Å². The molecule has 3 rings (SSSR count). The third kappa shape index (κ3) is 3.93. The number of nitro benzene ring substituents is 1. The monoisotopic (exact) mass is 461 g/mol. The summed E-state index contributed by atoms with van der Waals surface area (Å²) in [5.41, 5.74) is 0.167. The SMILES string of the molecule is COc1cc(N2CCN(c3cc(Cl)c(Br)cc3F)CC2)c(F)cc1[N+](=O)[O-]. The summed E-state index contributed by atoms with van der Waals surface area (Å²) in [4.78, 5) is 13.9. The van der Waals surface area contributed by atoms with E-state index in [9.17, 15) is 18.9 Å². The van der Waals surface area contributed by atoms with Crippen LogP contribution in [-0.2, 0) is 0 Å². The van der Waals surface area contributed by atoms with Gasteiger partial charge in [-0.2, -0.15) is 0 Å². The molecule has 1 saturated heterocycles. The Kier molecular flexibility index (Phi) is 5.71. The normalized spacial score (nSPS) is 14.4. The fourth-order valence-electron chi connectivity index (χ4n) is 3.02. The van der Waals surface area contributed by atoms with E-state index in [0.717, 1.165) is 6.07 Å². The fourth-order valence-corrected chi connectivity index (χ4v) is 3.50. The lowest BCUT2D eigenvalue weighted by Crippen LogP contribution is -2.47. The van der Waals surface area contributed by atoms with E-state index in [2.05, 4.69) is 15.9 Å². The highest BCUT2D eigenvalue weighted by Gasteiger charge is 2.26. The van der Waals surface area contributed by atoms with Crippen LogP contribution in [0.4, 0.5) is 25.8 Å². The summed E-state index contributed by atoms with van der Waals surface area (Å²) >= 11 is 9.24. The largest absolute Gasteiger partial charge is 0.490 e. The predicted molar refractivity (Wildman–Crippen MR) is 103 cm³/mol. The number of ether oxygens (including phenoxy) is 1. The van der Waals surface area contributed by atoms with Gasteiger partial charge in [0.2, 0.25) is 0 Å². The zero-order chi connectivity index (χ0) is 19.7. The Labute approximate surface area is 167 Å². The van der Waals surface area contributed by atoms with Gasteiger partial charge in [0.25, 0.3) is 0 Å². The predicted octanol–water partition coefficient (Wildman–Crippen LogP) is 4.62. The maximum absolute atomic E-state index is 14.4. The van der Waals surface area contributed by atoms with Gasteiger partial charge in [0, 0.05) is 36.7 Å². The van der Waals surface area contributed by atoms with Crippen LogP contribution in [-0.4, -0.2) is 38.2 Å². The van der Waals surface area contributed by atoms with E-state index >= 15 is 0 Å². The first-order valence-electron chi connectivity index (χ1n) is 7.98. The quantitative estimate of drug-likeness (QED) is 0.377. The lowest BCUT2D eigenvalue weighted by molar-refractivity contribution is -0.385. The zero-order valence-electron chi connectivity index (χ0n) is 14.2. The Morgan fingerprint density at radius 1 is 1.07 bits per heavy atom. The molecule has 0 radical (unpaired) electrons. The van der Waals surface area contributed by atoms with Crippen LogP contribution >= 0.6 is 27.5 Å². The molecular weight excluding hydrogens is 448 g/mol. The van der Waals surface area contributed by atoms with Crippen molar-refractivity contribution in [1.29, 1.82) is 0 Å². The van der Waals surface area contributed by atoms with Gasteiger partial charge in [-0.1, -0.05) is 11.6 Å². The van der Waals surface area contributed by atoms with Crippen LogP contribution in [0.3, 0.4) is 0 Å². The Balaban J connectivity index is 1.80. The van der Waals surface area contributed by atoms with Gasteiger partial charge in [-0.25, -0.2) is 8.78 Å². The summed E-state index contributed by atoms with van der Waals surface area (Å²) in [5.74, 6) is -1.11. The molecule has 0 spiro atoms. The Morgan fingerprint density at radius 2 is 1.59 bits per heavy atom. The molecule has 0 aromatic heterocycles. The molecule has 0 atom stereocenters. The van der Waals surface area contributed by atoms with Crippen molar-refractivity contribution >= 4 is 44.6 Å². The molecular formula is C17H15BrClF2N3O3. The number of methoxy groups -OCH3 is 1. The van der Waals surface area contributed by atoms with Crippen molar-refractivity contribution in [3.05, 3.63) is 55.5 Å². The molecule has 144 valence electrons. The first kappa shape index (κ1) is 19.6. The third-order valence-corrected chi connectivity index (χ3v) is 5.59. The minimum Gasteiger partial charge on any atom is -0.490 e. The van der Waals surface area contributed by atoms with Crippen LogP contribution in [0.25, 0.3) is 0 Å². The molecule has 0 N–H and O–H groups in total. The van der Waals surface area contributed by atoms with Gasteiger partial charge in [0.1, 0.15) is 5.82 Å². The molecule has 1 aliphatic heterocycles. The maximum Gasteiger partial charge on any atom is 0.313 e. The van der Waals surface area contributed by atoms with Crippen molar-refractivity contribution in [2.24, 2.45) is 0 Å². The second kappa shape index (κ2) is 7.85. The van der Waals surface area contributed by atoms with Gasteiger partial charge < -0.3 is 14.5 Å². The second-order valence-electron chi connectivity index (χ2n) is 5.92. The van der Waals surface area contributed by atoms with E-state index in [4.69, 9.17) is 16.3 Å². The summed E-state index contributed by atoms with van der Waals surface area (Å²) in [6.45, 7) is 1.69. The molecule has 0 unspecified atom stereocenters. The van der Waals surface area contributed by atoms with Gasteiger partial charge in [-0.3, -0.25) is 10.1 Å². The average molecular weight is 463 g/mol. The van der Waals surface area contributed by atoms with Crippen molar-refractivity contribution in [2.75, 3.05) is 43.1 Å². The number of nitro groups is 1. The summed E-state index contributed by atoms with van der Waals surface area (Å²) in [5, 5.41) is 11.4. The molecule has 0 aliphatic carbocycles.